The molecule has 118 valence electrons. The quantitative estimate of drug-likeness (QED) is 0.641. The van der Waals surface area contributed by atoms with Crippen molar-refractivity contribution >= 4 is 11.9 Å². The normalized spacial score (nSPS) is 20.3. The molecule has 0 aromatic heterocycles. The van der Waals surface area contributed by atoms with Gasteiger partial charge in [-0.1, -0.05) is 42.5 Å². The second-order valence-electron chi connectivity index (χ2n) is 5.19. The lowest BCUT2D eigenvalue weighted by Crippen LogP contribution is -2.15. The zero-order valence-electron chi connectivity index (χ0n) is 12.8. The molecule has 23 heavy (non-hydrogen) atoms. The Morgan fingerprint density at radius 1 is 0.826 bits per heavy atom. The second kappa shape index (κ2) is 6.12. The van der Waals surface area contributed by atoms with Gasteiger partial charge in [0, 0.05) is 5.56 Å². The van der Waals surface area contributed by atoms with Crippen molar-refractivity contribution in [3.05, 3.63) is 59.7 Å². The number of carbonyl (C=O) groups excluding carboxylic acids is 2. The first-order chi connectivity index (χ1) is 11.2. The minimum atomic E-state index is -0.755. The number of cyclic esters (lactones) is 2. The molecule has 2 aromatic carbocycles. The van der Waals surface area contributed by atoms with Gasteiger partial charge in [0.15, 0.2) is 11.5 Å². The van der Waals surface area contributed by atoms with E-state index in [1.54, 1.807) is 18.2 Å². The Hall–Kier alpha value is -2.82. The molecule has 0 radical (unpaired) electrons. The van der Waals surface area contributed by atoms with Gasteiger partial charge in [-0.25, -0.2) is 0 Å². The van der Waals surface area contributed by atoms with Gasteiger partial charge in [0.2, 0.25) is 0 Å². The monoisotopic (exact) mass is 312 g/mol. The molecule has 1 heterocycles. The molecule has 5 heteroatoms. The Kier molecular flexibility index (Phi) is 4.02. The number of rotatable bonds is 4. The average Bonchev–Trinajstić information content (AvgIpc) is 2.88. The van der Waals surface area contributed by atoms with E-state index < -0.39 is 23.8 Å². The Labute approximate surface area is 133 Å². The fourth-order valence-corrected chi connectivity index (χ4v) is 2.95. The summed E-state index contributed by atoms with van der Waals surface area (Å²) in [5.74, 6) is -1.62. The summed E-state index contributed by atoms with van der Waals surface area (Å²) in [6.07, 6.45) is 0. The Balaban J connectivity index is 2.13. The van der Waals surface area contributed by atoms with E-state index in [0.717, 1.165) is 5.56 Å². The molecule has 0 spiro atoms. The first-order valence-electron chi connectivity index (χ1n) is 7.18. The minimum absolute atomic E-state index is 0.438. The summed E-state index contributed by atoms with van der Waals surface area (Å²) >= 11 is 0. The van der Waals surface area contributed by atoms with Crippen LogP contribution < -0.4 is 9.47 Å². The highest BCUT2D eigenvalue weighted by molar-refractivity contribution is 6.03. The molecule has 0 unspecified atom stereocenters. The SMILES string of the molecule is COc1cccc([C@@H]2C(=O)OC(=O)[C@H]2c2ccccc2)c1OC. The van der Waals surface area contributed by atoms with Gasteiger partial charge in [-0.2, -0.15) is 0 Å². The molecule has 2 atom stereocenters. The van der Waals surface area contributed by atoms with Gasteiger partial charge < -0.3 is 14.2 Å². The molecule has 1 aliphatic rings. The van der Waals surface area contributed by atoms with Gasteiger partial charge in [-0.3, -0.25) is 9.59 Å². The van der Waals surface area contributed by atoms with Gasteiger partial charge in [0.25, 0.3) is 0 Å². The number of carbonyl (C=O) groups is 2. The lowest BCUT2D eigenvalue weighted by atomic mass is 9.83. The maximum atomic E-state index is 12.3. The van der Waals surface area contributed by atoms with Crippen molar-refractivity contribution in [2.24, 2.45) is 0 Å². The largest absolute Gasteiger partial charge is 0.493 e. The molecule has 1 aliphatic heterocycles. The zero-order valence-corrected chi connectivity index (χ0v) is 12.8. The fraction of sp³-hybridized carbons (Fsp3) is 0.222. The molecular formula is C18H16O5. The zero-order chi connectivity index (χ0) is 16.4. The van der Waals surface area contributed by atoms with E-state index in [4.69, 9.17) is 14.2 Å². The van der Waals surface area contributed by atoms with E-state index in [9.17, 15) is 9.59 Å². The van der Waals surface area contributed by atoms with E-state index >= 15 is 0 Å². The molecule has 1 fully saturated rings. The predicted octanol–water partition coefficient (Wildman–Crippen LogP) is 2.65. The number of hydrogen-bond acceptors (Lipinski definition) is 5. The third-order valence-electron chi connectivity index (χ3n) is 3.97. The highest BCUT2D eigenvalue weighted by Gasteiger charge is 2.47. The first-order valence-corrected chi connectivity index (χ1v) is 7.18. The summed E-state index contributed by atoms with van der Waals surface area (Å²) in [5, 5.41) is 0. The first kappa shape index (κ1) is 15.1. The number of benzene rings is 2. The lowest BCUT2D eigenvalue weighted by molar-refractivity contribution is -0.152. The van der Waals surface area contributed by atoms with E-state index in [-0.39, 0.29) is 0 Å². The molecule has 2 aromatic rings. The predicted molar refractivity (Wildman–Crippen MR) is 82.6 cm³/mol. The molecule has 0 N–H and O–H groups in total. The van der Waals surface area contributed by atoms with Gasteiger partial charge in [0.05, 0.1) is 20.1 Å². The summed E-state index contributed by atoms with van der Waals surface area (Å²) in [7, 11) is 3.02. The van der Waals surface area contributed by atoms with Crippen LogP contribution in [0.4, 0.5) is 0 Å². The minimum Gasteiger partial charge on any atom is -0.493 e. The number of methoxy groups -OCH3 is 2. The molecule has 0 aliphatic carbocycles. The number of para-hydroxylation sites is 1. The van der Waals surface area contributed by atoms with Crippen molar-refractivity contribution in [1.82, 2.24) is 0 Å². The van der Waals surface area contributed by atoms with Crippen molar-refractivity contribution in [1.29, 1.82) is 0 Å². The van der Waals surface area contributed by atoms with Gasteiger partial charge in [0.1, 0.15) is 5.92 Å². The van der Waals surface area contributed by atoms with E-state index in [2.05, 4.69) is 0 Å². The Morgan fingerprint density at radius 3 is 2.17 bits per heavy atom. The summed E-state index contributed by atoms with van der Waals surface area (Å²) in [6, 6.07) is 14.4. The third kappa shape index (κ3) is 2.54. The van der Waals surface area contributed by atoms with Crippen LogP contribution in [0.2, 0.25) is 0 Å². The molecule has 1 saturated heterocycles. The highest BCUT2D eigenvalue weighted by atomic mass is 16.6. The van der Waals surface area contributed by atoms with Crippen molar-refractivity contribution in [2.45, 2.75) is 11.8 Å². The van der Waals surface area contributed by atoms with Crippen LogP contribution in [0.15, 0.2) is 48.5 Å². The Morgan fingerprint density at radius 2 is 1.52 bits per heavy atom. The summed E-state index contributed by atoms with van der Waals surface area (Å²) < 4.78 is 15.6. The van der Waals surface area contributed by atoms with Gasteiger partial charge in [-0.15, -0.1) is 0 Å². The fourth-order valence-electron chi connectivity index (χ4n) is 2.95. The van der Waals surface area contributed by atoms with Crippen LogP contribution in [0.1, 0.15) is 23.0 Å². The maximum absolute atomic E-state index is 12.3. The van der Waals surface area contributed by atoms with Crippen LogP contribution in [0.25, 0.3) is 0 Å². The smallest absolute Gasteiger partial charge is 0.322 e. The molecule has 0 bridgehead atoms. The van der Waals surface area contributed by atoms with E-state index in [1.165, 1.54) is 14.2 Å². The molecule has 3 rings (SSSR count). The van der Waals surface area contributed by atoms with Crippen molar-refractivity contribution in [3.8, 4) is 11.5 Å². The molecular weight excluding hydrogens is 296 g/mol. The van der Waals surface area contributed by atoms with Crippen LogP contribution in [0.3, 0.4) is 0 Å². The maximum Gasteiger partial charge on any atom is 0.322 e. The van der Waals surface area contributed by atoms with E-state index in [1.807, 2.05) is 30.3 Å². The Bertz CT molecular complexity index is 738. The standard InChI is InChI=1S/C18H16O5/c1-21-13-10-6-9-12(16(13)22-2)15-14(17(19)23-18(15)20)11-7-4-3-5-8-11/h3-10,14-15H,1-2H3/t14-,15-/m0/s1. The summed E-state index contributed by atoms with van der Waals surface area (Å²) in [6.45, 7) is 0. The van der Waals surface area contributed by atoms with Crippen LogP contribution in [0.5, 0.6) is 11.5 Å². The molecule has 5 nitrogen and oxygen atoms in total. The van der Waals surface area contributed by atoms with E-state index in [0.29, 0.717) is 17.1 Å². The van der Waals surface area contributed by atoms with Crippen LogP contribution >= 0.6 is 0 Å². The van der Waals surface area contributed by atoms with Crippen LogP contribution in [-0.4, -0.2) is 26.2 Å². The second-order valence-corrected chi connectivity index (χ2v) is 5.19. The van der Waals surface area contributed by atoms with Crippen LogP contribution in [-0.2, 0) is 14.3 Å². The van der Waals surface area contributed by atoms with Gasteiger partial charge >= 0.3 is 11.9 Å². The molecule has 0 amide bonds. The third-order valence-corrected chi connectivity index (χ3v) is 3.97. The summed E-state index contributed by atoms with van der Waals surface area (Å²) in [4.78, 5) is 24.5. The summed E-state index contributed by atoms with van der Waals surface area (Å²) in [5.41, 5.74) is 1.31. The lowest BCUT2D eigenvalue weighted by Gasteiger charge is -2.18. The van der Waals surface area contributed by atoms with Gasteiger partial charge in [-0.05, 0) is 11.6 Å². The number of esters is 2. The average molecular weight is 312 g/mol. The van der Waals surface area contributed by atoms with Crippen molar-refractivity contribution < 1.29 is 23.8 Å². The van der Waals surface area contributed by atoms with Crippen LogP contribution in [0, 0.1) is 0 Å². The molecule has 0 saturated carbocycles. The number of ether oxygens (including phenoxy) is 3. The van der Waals surface area contributed by atoms with Crippen molar-refractivity contribution in [2.75, 3.05) is 14.2 Å². The van der Waals surface area contributed by atoms with Crippen molar-refractivity contribution in [3.63, 3.8) is 0 Å². The highest BCUT2D eigenvalue weighted by Crippen LogP contribution is 2.45. The topological polar surface area (TPSA) is 61.8 Å². The number of hydrogen-bond donors (Lipinski definition) is 0.